The Bertz CT molecular complexity index is 898. The molecule has 2 aromatic carbocycles. The first-order valence-corrected chi connectivity index (χ1v) is 8.47. The lowest BCUT2D eigenvalue weighted by atomic mass is 10.3. The van der Waals surface area contributed by atoms with Crippen molar-refractivity contribution in [2.24, 2.45) is 0 Å². The quantitative estimate of drug-likeness (QED) is 0.526. The Labute approximate surface area is 138 Å². The fourth-order valence-electron chi connectivity index (χ4n) is 2.67. The van der Waals surface area contributed by atoms with E-state index in [1.165, 1.54) is 4.88 Å². The van der Waals surface area contributed by atoms with Gasteiger partial charge in [-0.25, -0.2) is 4.98 Å². The molecule has 4 aromatic rings. The summed E-state index contributed by atoms with van der Waals surface area (Å²) >= 11 is 1.71. The average molecular weight is 320 g/mol. The molecular formula is C19H16N2OS. The van der Waals surface area contributed by atoms with E-state index < -0.39 is 0 Å². The average Bonchev–Trinajstić information content (AvgIpc) is 3.24. The fourth-order valence-corrected chi connectivity index (χ4v) is 3.39. The number of imidazole rings is 1. The summed E-state index contributed by atoms with van der Waals surface area (Å²) in [7, 11) is 0. The van der Waals surface area contributed by atoms with Crippen molar-refractivity contribution < 1.29 is 4.74 Å². The van der Waals surface area contributed by atoms with E-state index in [2.05, 4.69) is 40.3 Å². The highest BCUT2D eigenvalue weighted by Gasteiger charge is 2.12. The molecule has 0 N–H and O–H groups in total. The topological polar surface area (TPSA) is 27.1 Å². The largest absolute Gasteiger partial charge is 0.492 e. The van der Waals surface area contributed by atoms with Crippen molar-refractivity contribution in [2.45, 2.75) is 6.54 Å². The summed E-state index contributed by atoms with van der Waals surface area (Å²) in [5.74, 6) is 1.91. The van der Waals surface area contributed by atoms with Crippen LogP contribution < -0.4 is 4.74 Å². The molecule has 0 aliphatic rings. The lowest BCUT2D eigenvalue weighted by Gasteiger charge is -2.10. The van der Waals surface area contributed by atoms with Crippen molar-refractivity contribution in [2.75, 3.05) is 6.61 Å². The molecular weight excluding hydrogens is 304 g/mol. The van der Waals surface area contributed by atoms with Gasteiger partial charge >= 0.3 is 0 Å². The number of thiophene rings is 1. The molecule has 0 saturated carbocycles. The van der Waals surface area contributed by atoms with Crippen LogP contribution >= 0.6 is 11.3 Å². The molecule has 4 heteroatoms. The van der Waals surface area contributed by atoms with Crippen LogP contribution in [0.15, 0.2) is 72.1 Å². The first-order chi connectivity index (χ1) is 11.4. The second kappa shape index (κ2) is 6.26. The van der Waals surface area contributed by atoms with Gasteiger partial charge in [0.1, 0.15) is 12.4 Å². The Morgan fingerprint density at radius 2 is 1.74 bits per heavy atom. The summed E-state index contributed by atoms with van der Waals surface area (Å²) in [5, 5.41) is 2.08. The summed E-state index contributed by atoms with van der Waals surface area (Å²) in [6, 6.07) is 22.3. The summed E-state index contributed by atoms with van der Waals surface area (Å²) in [5.41, 5.74) is 2.17. The summed E-state index contributed by atoms with van der Waals surface area (Å²) in [6.07, 6.45) is 0. The second-order valence-corrected chi connectivity index (χ2v) is 6.16. The highest BCUT2D eigenvalue weighted by Crippen LogP contribution is 2.28. The van der Waals surface area contributed by atoms with E-state index in [1.807, 2.05) is 36.4 Å². The van der Waals surface area contributed by atoms with Gasteiger partial charge in [0.15, 0.2) is 5.82 Å². The summed E-state index contributed by atoms with van der Waals surface area (Å²) in [4.78, 5) is 5.98. The summed E-state index contributed by atoms with van der Waals surface area (Å²) < 4.78 is 8.10. The van der Waals surface area contributed by atoms with Gasteiger partial charge in [0, 0.05) is 0 Å². The number of fused-ring (bicyclic) bond motifs is 1. The molecule has 0 spiro atoms. The lowest BCUT2D eigenvalue weighted by molar-refractivity contribution is 0.301. The van der Waals surface area contributed by atoms with E-state index in [0.29, 0.717) is 6.61 Å². The smallest absolute Gasteiger partial charge is 0.151 e. The van der Waals surface area contributed by atoms with Gasteiger partial charge in [-0.05, 0) is 35.7 Å². The number of para-hydroxylation sites is 3. The van der Waals surface area contributed by atoms with E-state index in [0.717, 1.165) is 29.2 Å². The molecule has 0 bridgehead atoms. The van der Waals surface area contributed by atoms with Gasteiger partial charge in [-0.2, -0.15) is 0 Å². The highest BCUT2D eigenvalue weighted by molar-refractivity contribution is 7.13. The Hall–Kier alpha value is -2.59. The molecule has 0 aliphatic carbocycles. The van der Waals surface area contributed by atoms with Crippen LogP contribution in [0, 0.1) is 0 Å². The number of rotatable bonds is 5. The molecule has 0 radical (unpaired) electrons. The number of benzene rings is 2. The van der Waals surface area contributed by atoms with Crippen LogP contribution in [0.4, 0.5) is 0 Å². The van der Waals surface area contributed by atoms with Crippen molar-refractivity contribution in [3.63, 3.8) is 0 Å². The third-order valence-corrected chi connectivity index (χ3v) is 4.59. The van der Waals surface area contributed by atoms with Gasteiger partial charge in [-0.15, -0.1) is 11.3 Å². The van der Waals surface area contributed by atoms with Crippen LogP contribution in [-0.2, 0) is 6.54 Å². The molecule has 0 aliphatic heterocycles. The van der Waals surface area contributed by atoms with Crippen LogP contribution in [0.5, 0.6) is 5.75 Å². The molecule has 0 amide bonds. The number of aromatic nitrogens is 2. The van der Waals surface area contributed by atoms with Gasteiger partial charge < -0.3 is 9.30 Å². The predicted octanol–water partition coefficient (Wildman–Crippen LogP) is 4.84. The van der Waals surface area contributed by atoms with Gasteiger partial charge in [0.25, 0.3) is 0 Å². The van der Waals surface area contributed by atoms with Crippen molar-refractivity contribution in [3.8, 4) is 16.5 Å². The number of hydrogen-bond donors (Lipinski definition) is 0. The Morgan fingerprint density at radius 1 is 0.913 bits per heavy atom. The van der Waals surface area contributed by atoms with Gasteiger partial charge in [0.2, 0.25) is 0 Å². The molecule has 0 unspecified atom stereocenters. The Morgan fingerprint density at radius 3 is 2.57 bits per heavy atom. The molecule has 2 aromatic heterocycles. The lowest BCUT2D eigenvalue weighted by Crippen LogP contribution is -2.09. The van der Waals surface area contributed by atoms with E-state index in [-0.39, 0.29) is 0 Å². The number of ether oxygens (including phenoxy) is 1. The molecule has 23 heavy (non-hydrogen) atoms. The minimum atomic E-state index is 0.614. The first kappa shape index (κ1) is 14.0. The van der Waals surface area contributed by atoms with Gasteiger partial charge in [-0.1, -0.05) is 36.4 Å². The summed E-state index contributed by atoms with van der Waals surface area (Å²) in [6.45, 7) is 1.38. The van der Waals surface area contributed by atoms with E-state index in [1.54, 1.807) is 11.3 Å². The molecule has 3 nitrogen and oxygen atoms in total. The van der Waals surface area contributed by atoms with Crippen molar-refractivity contribution in [3.05, 3.63) is 72.1 Å². The van der Waals surface area contributed by atoms with E-state index in [4.69, 9.17) is 9.72 Å². The minimum Gasteiger partial charge on any atom is -0.492 e. The van der Waals surface area contributed by atoms with Crippen molar-refractivity contribution in [1.29, 1.82) is 0 Å². The van der Waals surface area contributed by atoms with E-state index >= 15 is 0 Å². The fraction of sp³-hybridized carbons (Fsp3) is 0.105. The normalized spacial score (nSPS) is 11.0. The van der Waals surface area contributed by atoms with Crippen LogP contribution in [-0.4, -0.2) is 16.2 Å². The molecule has 2 heterocycles. The van der Waals surface area contributed by atoms with Crippen LogP contribution in [0.3, 0.4) is 0 Å². The maximum Gasteiger partial charge on any atom is 0.151 e. The molecule has 0 saturated heterocycles. The molecule has 114 valence electrons. The SMILES string of the molecule is c1ccc(OCCn2c(-c3cccs3)nc3ccccc32)cc1. The van der Waals surface area contributed by atoms with E-state index in [9.17, 15) is 0 Å². The number of hydrogen-bond acceptors (Lipinski definition) is 3. The monoisotopic (exact) mass is 320 g/mol. The van der Waals surface area contributed by atoms with Crippen LogP contribution in [0.1, 0.15) is 0 Å². The third-order valence-electron chi connectivity index (χ3n) is 3.72. The maximum atomic E-state index is 5.86. The highest BCUT2D eigenvalue weighted by atomic mass is 32.1. The maximum absolute atomic E-state index is 5.86. The molecule has 0 fully saturated rings. The predicted molar refractivity (Wildman–Crippen MR) is 95.0 cm³/mol. The van der Waals surface area contributed by atoms with Gasteiger partial charge in [0.05, 0.1) is 22.5 Å². The zero-order chi connectivity index (χ0) is 15.5. The number of nitrogens with zero attached hydrogens (tertiary/aromatic N) is 2. The zero-order valence-electron chi connectivity index (χ0n) is 12.6. The van der Waals surface area contributed by atoms with Crippen LogP contribution in [0.2, 0.25) is 0 Å². The Kier molecular flexibility index (Phi) is 3.82. The zero-order valence-corrected chi connectivity index (χ0v) is 13.4. The second-order valence-electron chi connectivity index (χ2n) is 5.21. The first-order valence-electron chi connectivity index (χ1n) is 7.59. The molecule has 4 rings (SSSR count). The Balaban J connectivity index is 1.64. The van der Waals surface area contributed by atoms with Crippen LogP contribution in [0.25, 0.3) is 21.7 Å². The third kappa shape index (κ3) is 2.85. The minimum absolute atomic E-state index is 0.614. The molecule has 0 atom stereocenters. The van der Waals surface area contributed by atoms with Crippen molar-refractivity contribution in [1.82, 2.24) is 9.55 Å². The van der Waals surface area contributed by atoms with Gasteiger partial charge in [-0.3, -0.25) is 0 Å². The van der Waals surface area contributed by atoms with Crippen molar-refractivity contribution >= 4 is 22.4 Å². The standard InChI is InChI=1S/C19H16N2OS/c1-2-7-15(8-3-1)22-13-12-21-17-10-5-4-9-16(17)20-19(21)18-11-6-14-23-18/h1-11,14H,12-13H2.